The maximum absolute atomic E-state index is 5.32. The number of aromatic nitrogens is 1. The van der Waals surface area contributed by atoms with Gasteiger partial charge in [0.05, 0.1) is 6.61 Å². The van der Waals surface area contributed by atoms with Crippen LogP contribution < -0.4 is 4.74 Å². The van der Waals surface area contributed by atoms with Crippen molar-refractivity contribution in [2.75, 3.05) is 19.8 Å². The lowest BCUT2D eigenvalue weighted by molar-refractivity contribution is 0.0990. The van der Waals surface area contributed by atoms with E-state index in [-0.39, 0.29) is 0 Å². The Kier molecular flexibility index (Phi) is 4.94. The molecule has 0 radical (unpaired) electrons. The molecule has 0 saturated carbocycles. The van der Waals surface area contributed by atoms with Gasteiger partial charge in [0.15, 0.2) is 0 Å². The van der Waals surface area contributed by atoms with Crippen molar-refractivity contribution in [3.8, 4) is 5.88 Å². The van der Waals surface area contributed by atoms with Crippen molar-refractivity contribution in [1.29, 1.82) is 0 Å². The van der Waals surface area contributed by atoms with Gasteiger partial charge in [-0.25, -0.2) is 4.98 Å². The fourth-order valence-electron chi connectivity index (χ4n) is 0.884. The second-order valence-corrected chi connectivity index (χ2v) is 2.63. The van der Waals surface area contributed by atoms with Gasteiger partial charge >= 0.3 is 0 Å². The summed E-state index contributed by atoms with van der Waals surface area (Å²) in [7, 11) is 0. The Bertz CT molecular complexity index is 213. The van der Waals surface area contributed by atoms with E-state index >= 15 is 0 Å². The summed E-state index contributed by atoms with van der Waals surface area (Å²) < 4.78 is 10.6. The van der Waals surface area contributed by atoms with Gasteiger partial charge in [0, 0.05) is 18.9 Å². The Morgan fingerprint density at radius 3 is 2.85 bits per heavy atom. The van der Waals surface area contributed by atoms with Crippen molar-refractivity contribution in [2.24, 2.45) is 0 Å². The van der Waals surface area contributed by atoms with E-state index in [0.29, 0.717) is 19.1 Å². The molecule has 3 nitrogen and oxygen atoms in total. The summed E-state index contributed by atoms with van der Waals surface area (Å²) in [6, 6.07) is 5.59. The van der Waals surface area contributed by atoms with Gasteiger partial charge in [-0.1, -0.05) is 13.0 Å². The standard InChI is InChI=1S/C10H15NO2/c1-2-7-12-8-9-13-10-5-3-4-6-11-10/h3-6H,2,7-9H2,1H3. The predicted octanol–water partition coefficient (Wildman–Crippen LogP) is 1.89. The minimum absolute atomic E-state index is 0.566. The summed E-state index contributed by atoms with van der Waals surface area (Å²) in [4.78, 5) is 4.02. The van der Waals surface area contributed by atoms with Crippen molar-refractivity contribution < 1.29 is 9.47 Å². The van der Waals surface area contributed by atoms with Crippen LogP contribution in [-0.2, 0) is 4.74 Å². The minimum atomic E-state index is 0.566. The van der Waals surface area contributed by atoms with E-state index < -0.39 is 0 Å². The molecule has 1 rings (SSSR count). The van der Waals surface area contributed by atoms with Crippen LogP contribution in [0.25, 0.3) is 0 Å². The van der Waals surface area contributed by atoms with Gasteiger partial charge in [0.2, 0.25) is 5.88 Å². The van der Waals surface area contributed by atoms with E-state index in [9.17, 15) is 0 Å². The molecule has 1 aromatic rings. The van der Waals surface area contributed by atoms with Crippen LogP contribution in [0.3, 0.4) is 0 Å². The fraction of sp³-hybridized carbons (Fsp3) is 0.500. The molecular formula is C10H15NO2. The van der Waals surface area contributed by atoms with Crippen LogP contribution in [0.2, 0.25) is 0 Å². The van der Waals surface area contributed by atoms with Crippen molar-refractivity contribution >= 4 is 0 Å². The highest BCUT2D eigenvalue weighted by Gasteiger charge is 1.91. The lowest BCUT2D eigenvalue weighted by atomic mass is 10.5. The van der Waals surface area contributed by atoms with Crippen molar-refractivity contribution in [3.05, 3.63) is 24.4 Å². The van der Waals surface area contributed by atoms with Gasteiger partial charge in [0.25, 0.3) is 0 Å². The molecule has 0 aliphatic carbocycles. The lowest BCUT2D eigenvalue weighted by Crippen LogP contribution is -2.07. The molecule has 0 saturated heterocycles. The highest BCUT2D eigenvalue weighted by atomic mass is 16.5. The fourth-order valence-corrected chi connectivity index (χ4v) is 0.884. The summed E-state index contributed by atoms with van der Waals surface area (Å²) in [6.07, 6.45) is 2.76. The normalized spacial score (nSPS) is 9.92. The van der Waals surface area contributed by atoms with Gasteiger partial charge in [-0.3, -0.25) is 0 Å². The van der Waals surface area contributed by atoms with E-state index in [1.54, 1.807) is 6.20 Å². The first-order valence-corrected chi connectivity index (χ1v) is 4.55. The van der Waals surface area contributed by atoms with Gasteiger partial charge in [-0.05, 0) is 12.5 Å². The average Bonchev–Trinajstić information content (AvgIpc) is 2.19. The van der Waals surface area contributed by atoms with Crippen LogP contribution in [0.5, 0.6) is 5.88 Å². The molecule has 0 unspecified atom stereocenters. The second-order valence-electron chi connectivity index (χ2n) is 2.63. The zero-order valence-corrected chi connectivity index (χ0v) is 7.90. The van der Waals surface area contributed by atoms with Crippen molar-refractivity contribution in [3.63, 3.8) is 0 Å². The summed E-state index contributed by atoms with van der Waals surface area (Å²) in [6.45, 7) is 4.08. The van der Waals surface area contributed by atoms with E-state index in [4.69, 9.17) is 9.47 Å². The third-order valence-corrected chi connectivity index (χ3v) is 1.46. The first kappa shape index (κ1) is 9.99. The number of hydrogen-bond acceptors (Lipinski definition) is 3. The monoisotopic (exact) mass is 181 g/mol. The molecule has 3 heteroatoms. The SMILES string of the molecule is CCCOCCOc1ccccn1. The van der Waals surface area contributed by atoms with Gasteiger partial charge in [-0.15, -0.1) is 0 Å². The highest BCUT2D eigenvalue weighted by molar-refractivity contribution is 5.08. The van der Waals surface area contributed by atoms with Crippen LogP contribution in [0.1, 0.15) is 13.3 Å². The first-order valence-electron chi connectivity index (χ1n) is 4.55. The molecule has 0 aliphatic rings. The molecule has 0 spiro atoms. The Labute approximate surface area is 78.7 Å². The summed E-state index contributed by atoms with van der Waals surface area (Å²) in [5.41, 5.74) is 0. The van der Waals surface area contributed by atoms with Crippen LogP contribution in [0.4, 0.5) is 0 Å². The molecular weight excluding hydrogens is 166 g/mol. The van der Waals surface area contributed by atoms with Crippen LogP contribution >= 0.6 is 0 Å². The predicted molar refractivity (Wildman–Crippen MR) is 50.8 cm³/mol. The third kappa shape index (κ3) is 4.48. The molecule has 0 fully saturated rings. The van der Waals surface area contributed by atoms with Gasteiger partial charge in [-0.2, -0.15) is 0 Å². The smallest absolute Gasteiger partial charge is 0.213 e. The molecule has 0 aromatic carbocycles. The zero-order valence-electron chi connectivity index (χ0n) is 7.90. The number of nitrogens with zero attached hydrogens (tertiary/aromatic N) is 1. The largest absolute Gasteiger partial charge is 0.475 e. The van der Waals surface area contributed by atoms with E-state index in [1.807, 2.05) is 18.2 Å². The van der Waals surface area contributed by atoms with Crippen molar-refractivity contribution in [2.45, 2.75) is 13.3 Å². The molecule has 1 heterocycles. The van der Waals surface area contributed by atoms with E-state index in [0.717, 1.165) is 13.0 Å². The van der Waals surface area contributed by atoms with Crippen LogP contribution in [-0.4, -0.2) is 24.8 Å². The zero-order chi connectivity index (χ0) is 9.36. The van der Waals surface area contributed by atoms with E-state index in [2.05, 4.69) is 11.9 Å². The first-order chi connectivity index (χ1) is 6.43. The molecule has 13 heavy (non-hydrogen) atoms. The van der Waals surface area contributed by atoms with Crippen LogP contribution in [0, 0.1) is 0 Å². The maximum atomic E-state index is 5.32. The molecule has 0 bridgehead atoms. The molecule has 72 valence electrons. The Balaban J connectivity index is 2.07. The number of rotatable bonds is 6. The molecule has 1 aromatic heterocycles. The minimum Gasteiger partial charge on any atom is -0.475 e. The Morgan fingerprint density at radius 1 is 1.23 bits per heavy atom. The molecule has 0 aliphatic heterocycles. The van der Waals surface area contributed by atoms with Crippen LogP contribution in [0.15, 0.2) is 24.4 Å². The summed E-state index contributed by atoms with van der Waals surface area (Å²) >= 11 is 0. The van der Waals surface area contributed by atoms with Crippen molar-refractivity contribution in [1.82, 2.24) is 4.98 Å². The Morgan fingerprint density at radius 2 is 2.15 bits per heavy atom. The second kappa shape index (κ2) is 6.43. The Hall–Kier alpha value is -1.09. The molecule has 0 amide bonds. The maximum Gasteiger partial charge on any atom is 0.213 e. The lowest BCUT2D eigenvalue weighted by Gasteiger charge is -2.04. The number of pyridine rings is 1. The average molecular weight is 181 g/mol. The quantitative estimate of drug-likeness (QED) is 0.628. The van der Waals surface area contributed by atoms with Gasteiger partial charge < -0.3 is 9.47 Å². The molecule has 0 atom stereocenters. The topological polar surface area (TPSA) is 31.4 Å². The van der Waals surface area contributed by atoms with E-state index in [1.165, 1.54) is 0 Å². The third-order valence-electron chi connectivity index (χ3n) is 1.46. The summed E-state index contributed by atoms with van der Waals surface area (Å²) in [5, 5.41) is 0. The number of ether oxygens (including phenoxy) is 2. The summed E-state index contributed by atoms with van der Waals surface area (Å²) in [5.74, 6) is 0.655. The highest BCUT2D eigenvalue weighted by Crippen LogP contribution is 2.02. The molecule has 0 N–H and O–H groups in total. The van der Waals surface area contributed by atoms with Gasteiger partial charge in [0.1, 0.15) is 6.61 Å². The number of hydrogen-bond donors (Lipinski definition) is 0.